The van der Waals surface area contributed by atoms with Gasteiger partial charge in [-0.05, 0) is 80.6 Å². The highest BCUT2D eigenvalue weighted by Crippen LogP contribution is 2.32. The van der Waals surface area contributed by atoms with Crippen molar-refractivity contribution in [1.82, 2.24) is 14.9 Å². The van der Waals surface area contributed by atoms with Crippen LogP contribution in [-0.2, 0) is 9.53 Å². The van der Waals surface area contributed by atoms with Crippen LogP contribution in [0, 0.1) is 25.7 Å². The van der Waals surface area contributed by atoms with Gasteiger partial charge in [0, 0.05) is 48.8 Å². The van der Waals surface area contributed by atoms with Gasteiger partial charge in [-0.25, -0.2) is 4.98 Å². The molecule has 0 bridgehead atoms. The molecule has 3 aromatic rings. The summed E-state index contributed by atoms with van der Waals surface area (Å²) < 4.78 is 7.64. The lowest BCUT2D eigenvalue weighted by Crippen LogP contribution is -2.42. The predicted octanol–water partition coefficient (Wildman–Crippen LogP) is 4.66. The molecule has 33 heavy (non-hydrogen) atoms. The maximum atomic E-state index is 12.7. The smallest absolute Gasteiger partial charge is 0.223 e. The van der Waals surface area contributed by atoms with E-state index >= 15 is 0 Å². The number of hydrogen-bond acceptors (Lipinski definition) is 4. The number of halogens is 1. The molecule has 0 saturated carbocycles. The Morgan fingerprint density at radius 2 is 1.85 bits per heavy atom. The molecule has 0 aliphatic carbocycles. The molecule has 1 unspecified atom stereocenters. The van der Waals surface area contributed by atoms with Gasteiger partial charge >= 0.3 is 0 Å². The molecular weight excluding hydrogens is 436 g/mol. The van der Waals surface area contributed by atoms with Gasteiger partial charge in [0.1, 0.15) is 0 Å². The fourth-order valence-electron chi connectivity index (χ4n) is 4.85. The molecule has 1 aromatic heterocycles. The Morgan fingerprint density at radius 3 is 2.55 bits per heavy atom. The molecule has 174 valence electrons. The molecular formula is C26H31ClN4O2. The number of piperidine rings is 1. The summed E-state index contributed by atoms with van der Waals surface area (Å²) in [6.45, 7) is 8.17. The Balaban J connectivity index is 1.37. The third-order valence-corrected chi connectivity index (χ3v) is 7.33. The standard InChI is InChI=1S/C26H31ClN4O2/c1-17-13-23-24(14-18(17)2)31(22-5-3-21(27)4-6-22)26(29-23)30-10-7-20(8-11-30)25(32)28-15-19-9-12-33-16-19/h3-6,13-14,19-20H,7-12,15-16H2,1-2H3,(H,28,32). The number of benzene rings is 2. The van der Waals surface area contributed by atoms with E-state index in [1.54, 1.807) is 0 Å². The number of carbonyl (C=O) groups excluding carboxylic acids is 1. The average molecular weight is 467 g/mol. The zero-order valence-electron chi connectivity index (χ0n) is 19.3. The number of amides is 1. The van der Waals surface area contributed by atoms with E-state index in [0.29, 0.717) is 10.9 Å². The van der Waals surface area contributed by atoms with Crippen LogP contribution in [0.3, 0.4) is 0 Å². The van der Waals surface area contributed by atoms with Crippen LogP contribution in [0.2, 0.25) is 5.02 Å². The lowest BCUT2D eigenvalue weighted by molar-refractivity contribution is -0.125. The van der Waals surface area contributed by atoms with E-state index < -0.39 is 0 Å². The lowest BCUT2D eigenvalue weighted by Gasteiger charge is -2.32. The fraction of sp³-hybridized carbons (Fsp3) is 0.462. The second kappa shape index (κ2) is 9.35. The van der Waals surface area contributed by atoms with Gasteiger partial charge in [0.15, 0.2) is 0 Å². The Labute approximate surface area is 199 Å². The number of aromatic nitrogens is 2. The van der Waals surface area contributed by atoms with Crippen molar-refractivity contribution in [2.45, 2.75) is 33.1 Å². The molecule has 5 rings (SSSR count). The molecule has 1 amide bonds. The number of anilines is 1. The Hall–Kier alpha value is -2.57. The number of nitrogens with zero attached hydrogens (tertiary/aromatic N) is 3. The van der Waals surface area contributed by atoms with Gasteiger partial charge in [0.2, 0.25) is 11.9 Å². The van der Waals surface area contributed by atoms with Crippen LogP contribution in [-0.4, -0.2) is 48.3 Å². The summed E-state index contributed by atoms with van der Waals surface area (Å²) in [7, 11) is 0. The number of nitrogens with one attached hydrogen (secondary N) is 1. The van der Waals surface area contributed by atoms with Gasteiger partial charge in [-0.15, -0.1) is 0 Å². The number of imidazole rings is 1. The summed E-state index contributed by atoms with van der Waals surface area (Å²) in [6.07, 6.45) is 2.70. The largest absolute Gasteiger partial charge is 0.381 e. The molecule has 0 spiro atoms. The van der Waals surface area contributed by atoms with Crippen molar-refractivity contribution >= 4 is 34.5 Å². The number of hydrogen-bond donors (Lipinski definition) is 1. The normalized spacial score (nSPS) is 19.4. The van der Waals surface area contributed by atoms with Gasteiger partial charge in [0.25, 0.3) is 0 Å². The van der Waals surface area contributed by atoms with E-state index in [2.05, 4.69) is 40.8 Å². The molecule has 0 radical (unpaired) electrons. The first-order valence-electron chi connectivity index (χ1n) is 11.9. The van der Waals surface area contributed by atoms with E-state index in [-0.39, 0.29) is 11.8 Å². The second-order valence-electron chi connectivity index (χ2n) is 9.38. The summed E-state index contributed by atoms with van der Waals surface area (Å²) in [5.41, 5.74) is 5.60. The van der Waals surface area contributed by atoms with Crippen LogP contribution in [0.15, 0.2) is 36.4 Å². The van der Waals surface area contributed by atoms with Crippen molar-refractivity contribution in [1.29, 1.82) is 0 Å². The SMILES string of the molecule is Cc1cc2nc(N3CCC(C(=O)NCC4CCOC4)CC3)n(-c3ccc(Cl)cc3)c2cc1C. The lowest BCUT2D eigenvalue weighted by atomic mass is 9.96. The van der Waals surface area contributed by atoms with Crippen LogP contribution < -0.4 is 10.2 Å². The highest BCUT2D eigenvalue weighted by molar-refractivity contribution is 6.30. The van der Waals surface area contributed by atoms with Crippen LogP contribution in [0.25, 0.3) is 16.7 Å². The number of fused-ring (bicyclic) bond motifs is 1. The topological polar surface area (TPSA) is 59.4 Å². The number of rotatable bonds is 5. The van der Waals surface area contributed by atoms with Crippen molar-refractivity contribution in [2.75, 3.05) is 37.7 Å². The van der Waals surface area contributed by atoms with Crippen LogP contribution in [0.5, 0.6) is 0 Å². The van der Waals surface area contributed by atoms with Crippen LogP contribution in [0.1, 0.15) is 30.4 Å². The van der Waals surface area contributed by atoms with Gasteiger partial charge in [-0.3, -0.25) is 9.36 Å². The number of ether oxygens (including phenoxy) is 1. The zero-order valence-corrected chi connectivity index (χ0v) is 20.1. The number of aryl methyl sites for hydroxylation is 2. The molecule has 2 aliphatic heterocycles. The minimum atomic E-state index is 0.0569. The third-order valence-electron chi connectivity index (χ3n) is 7.07. The van der Waals surface area contributed by atoms with E-state index in [1.165, 1.54) is 11.1 Å². The third kappa shape index (κ3) is 4.59. The van der Waals surface area contributed by atoms with Crippen molar-refractivity contribution < 1.29 is 9.53 Å². The van der Waals surface area contributed by atoms with Crippen molar-refractivity contribution in [3.63, 3.8) is 0 Å². The number of carbonyl (C=O) groups is 1. The van der Waals surface area contributed by atoms with Crippen molar-refractivity contribution in [2.24, 2.45) is 11.8 Å². The van der Waals surface area contributed by atoms with Crippen LogP contribution >= 0.6 is 11.6 Å². The Kier molecular flexibility index (Phi) is 6.30. The molecule has 2 aliphatic rings. The van der Waals surface area contributed by atoms with Crippen LogP contribution in [0.4, 0.5) is 5.95 Å². The van der Waals surface area contributed by atoms with E-state index in [1.807, 2.05) is 24.3 Å². The molecule has 1 N–H and O–H groups in total. The summed E-state index contributed by atoms with van der Waals surface area (Å²) >= 11 is 6.16. The summed E-state index contributed by atoms with van der Waals surface area (Å²) in [6, 6.07) is 12.3. The monoisotopic (exact) mass is 466 g/mol. The quantitative estimate of drug-likeness (QED) is 0.593. The fourth-order valence-corrected chi connectivity index (χ4v) is 4.98. The molecule has 1 atom stereocenters. The first-order chi connectivity index (χ1) is 16.0. The maximum Gasteiger partial charge on any atom is 0.223 e. The summed E-state index contributed by atoms with van der Waals surface area (Å²) in [4.78, 5) is 20.1. The predicted molar refractivity (Wildman–Crippen MR) is 132 cm³/mol. The maximum absolute atomic E-state index is 12.7. The highest BCUT2D eigenvalue weighted by atomic mass is 35.5. The molecule has 7 heteroatoms. The molecule has 6 nitrogen and oxygen atoms in total. The average Bonchev–Trinajstić information content (AvgIpc) is 3.47. The first kappa shape index (κ1) is 22.2. The van der Waals surface area contributed by atoms with E-state index in [9.17, 15) is 4.79 Å². The molecule has 2 fully saturated rings. The van der Waals surface area contributed by atoms with Gasteiger partial charge in [-0.2, -0.15) is 0 Å². The van der Waals surface area contributed by atoms with Gasteiger partial charge in [0.05, 0.1) is 17.6 Å². The van der Waals surface area contributed by atoms with E-state index in [4.69, 9.17) is 21.3 Å². The van der Waals surface area contributed by atoms with Crippen molar-refractivity contribution in [3.8, 4) is 5.69 Å². The highest BCUT2D eigenvalue weighted by Gasteiger charge is 2.29. The first-order valence-corrected chi connectivity index (χ1v) is 12.2. The molecule has 2 aromatic carbocycles. The zero-order chi connectivity index (χ0) is 22.9. The minimum Gasteiger partial charge on any atom is -0.381 e. The summed E-state index contributed by atoms with van der Waals surface area (Å²) in [5.74, 6) is 1.62. The van der Waals surface area contributed by atoms with E-state index in [0.717, 1.165) is 74.8 Å². The molecule has 3 heterocycles. The Morgan fingerprint density at radius 1 is 1.12 bits per heavy atom. The van der Waals surface area contributed by atoms with Crippen molar-refractivity contribution in [3.05, 3.63) is 52.5 Å². The van der Waals surface area contributed by atoms with Gasteiger partial charge in [-0.1, -0.05) is 11.6 Å². The minimum absolute atomic E-state index is 0.0569. The second-order valence-corrected chi connectivity index (χ2v) is 9.82. The summed E-state index contributed by atoms with van der Waals surface area (Å²) in [5, 5.41) is 3.87. The molecule has 2 saturated heterocycles. The Bertz CT molecular complexity index is 1140. The van der Waals surface area contributed by atoms with Gasteiger partial charge < -0.3 is 15.0 Å².